The fourth-order valence-electron chi connectivity index (χ4n) is 5.36. The molecule has 1 unspecified atom stereocenters. The molecule has 2 aliphatic carbocycles. The summed E-state index contributed by atoms with van der Waals surface area (Å²) in [5.74, 6) is 1.23. The molecular weight excluding hydrogens is 388 g/mol. The molecule has 1 saturated heterocycles. The molecule has 31 heavy (non-hydrogen) atoms. The first-order chi connectivity index (χ1) is 15.1. The van der Waals surface area contributed by atoms with Gasteiger partial charge in [-0.3, -0.25) is 9.59 Å². The summed E-state index contributed by atoms with van der Waals surface area (Å²) in [4.78, 5) is 27.1. The summed E-state index contributed by atoms with van der Waals surface area (Å²) in [6.45, 7) is 1.57. The normalized spacial score (nSPS) is 21.5. The number of fused-ring (bicyclic) bond motifs is 2. The van der Waals surface area contributed by atoms with E-state index in [0.29, 0.717) is 12.5 Å². The fraction of sp³-hybridized carbons (Fsp3) is 0.462. The van der Waals surface area contributed by atoms with Crippen LogP contribution in [0.1, 0.15) is 55.6 Å². The molecule has 5 rings (SSSR count). The number of amides is 2. The number of hydrogen-bond donors (Lipinski definition) is 1. The zero-order chi connectivity index (χ0) is 21.3. The van der Waals surface area contributed by atoms with Crippen LogP contribution in [0.4, 0.5) is 0 Å². The van der Waals surface area contributed by atoms with Crippen LogP contribution in [0.25, 0.3) is 0 Å². The minimum atomic E-state index is 0.0466. The van der Waals surface area contributed by atoms with E-state index >= 15 is 0 Å². The van der Waals surface area contributed by atoms with Crippen molar-refractivity contribution >= 4 is 11.8 Å². The molecule has 1 N–H and O–H groups in total. The van der Waals surface area contributed by atoms with E-state index < -0.39 is 0 Å². The number of nitrogens with one attached hydrogen (secondary N) is 1. The molecule has 0 aromatic heterocycles. The Labute approximate surface area is 183 Å². The number of nitrogens with zero attached hydrogens (tertiary/aromatic N) is 1. The molecule has 1 spiro atoms. The Kier molecular flexibility index (Phi) is 5.43. The first-order valence-electron chi connectivity index (χ1n) is 11.5. The van der Waals surface area contributed by atoms with Crippen molar-refractivity contribution in [3.63, 3.8) is 0 Å². The lowest BCUT2D eigenvalue weighted by Gasteiger charge is -2.40. The zero-order valence-electron chi connectivity index (χ0n) is 17.9. The number of hydrogen-bond acceptors (Lipinski definition) is 3. The number of para-hydroxylation sites is 1. The first kappa shape index (κ1) is 20.1. The van der Waals surface area contributed by atoms with E-state index in [1.165, 1.54) is 11.1 Å². The molecule has 1 saturated carbocycles. The molecule has 1 atom stereocenters. The van der Waals surface area contributed by atoms with Crippen molar-refractivity contribution in [2.45, 2.75) is 55.9 Å². The van der Waals surface area contributed by atoms with Crippen LogP contribution in [0.2, 0.25) is 0 Å². The van der Waals surface area contributed by atoms with Gasteiger partial charge in [-0.1, -0.05) is 42.5 Å². The second-order valence-electron chi connectivity index (χ2n) is 9.30. The van der Waals surface area contributed by atoms with Crippen molar-refractivity contribution in [2.24, 2.45) is 0 Å². The summed E-state index contributed by atoms with van der Waals surface area (Å²) in [7, 11) is 0. The van der Waals surface area contributed by atoms with Gasteiger partial charge in [0.25, 0.3) is 5.91 Å². The van der Waals surface area contributed by atoms with Crippen molar-refractivity contribution in [1.29, 1.82) is 0 Å². The van der Waals surface area contributed by atoms with Crippen LogP contribution < -0.4 is 10.1 Å². The van der Waals surface area contributed by atoms with Crippen LogP contribution >= 0.6 is 0 Å². The molecule has 2 aromatic rings. The number of benzene rings is 2. The van der Waals surface area contributed by atoms with E-state index in [4.69, 9.17) is 4.74 Å². The second-order valence-corrected chi connectivity index (χ2v) is 9.30. The highest BCUT2D eigenvalue weighted by molar-refractivity contribution is 5.78. The third-order valence-corrected chi connectivity index (χ3v) is 7.16. The predicted octanol–water partition coefficient (Wildman–Crippen LogP) is 3.78. The van der Waals surface area contributed by atoms with Gasteiger partial charge in [0, 0.05) is 25.6 Å². The van der Waals surface area contributed by atoms with Gasteiger partial charge in [-0.15, -0.1) is 0 Å². The van der Waals surface area contributed by atoms with Crippen molar-refractivity contribution in [1.82, 2.24) is 10.2 Å². The number of ether oxygens (including phenoxy) is 1. The van der Waals surface area contributed by atoms with Gasteiger partial charge in [0.05, 0.1) is 0 Å². The molecule has 2 aromatic carbocycles. The largest absolute Gasteiger partial charge is 0.484 e. The number of likely N-dealkylation sites (tertiary alicyclic amines) is 1. The van der Waals surface area contributed by atoms with E-state index in [1.54, 1.807) is 0 Å². The van der Waals surface area contributed by atoms with Crippen LogP contribution in [-0.4, -0.2) is 42.5 Å². The molecule has 2 amide bonds. The van der Waals surface area contributed by atoms with E-state index in [9.17, 15) is 9.59 Å². The van der Waals surface area contributed by atoms with Crippen molar-refractivity contribution in [2.75, 3.05) is 19.7 Å². The van der Waals surface area contributed by atoms with E-state index in [1.807, 2.05) is 35.2 Å². The van der Waals surface area contributed by atoms with Gasteiger partial charge in [-0.25, -0.2) is 0 Å². The Bertz CT molecular complexity index is 946. The van der Waals surface area contributed by atoms with E-state index in [2.05, 4.69) is 29.6 Å². The van der Waals surface area contributed by atoms with Crippen LogP contribution in [0.5, 0.6) is 5.75 Å². The van der Waals surface area contributed by atoms with Crippen LogP contribution in [-0.2, 0) is 15.0 Å². The summed E-state index contributed by atoms with van der Waals surface area (Å²) in [6, 6.07) is 18.5. The van der Waals surface area contributed by atoms with Gasteiger partial charge in [0.1, 0.15) is 5.75 Å². The van der Waals surface area contributed by atoms with E-state index in [0.717, 1.165) is 50.9 Å². The Morgan fingerprint density at radius 2 is 1.71 bits per heavy atom. The van der Waals surface area contributed by atoms with Crippen molar-refractivity contribution < 1.29 is 14.3 Å². The third-order valence-electron chi connectivity index (χ3n) is 7.16. The molecule has 5 nitrogen and oxygen atoms in total. The SMILES string of the molecule is O=C(CC1CC2(CCN(C(=O)COc3ccccc3)CC2)c2ccccc21)NC1CC1. The third kappa shape index (κ3) is 4.32. The minimum Gasteiger partial charge on any atom is -0.484 e. The maximum atomic E-state index is 12.7. The van der Waals surface area contributed by atoms with Gasteiger partial charge in [0.2, 0.25) is 5.91 Å². The van der Waals surface area contributed by atoms with Gasteiger partial charge in [0.15, 0.2) is 6.61 Å². The Balaban J connectivity index is 1.21. The predicted molar refractivity (Wildman–Crippen MR) is 119 cm³/mol. The van der Waals surface area contributed by atoms with Crippen molar-refractivity contribution in [3.05, 3.63) is 65.7 Å². The van der Waals surface area contributed by atoms with Crippen LogP contribution in [0.15, 0.2) is 54.6 Å². The summed E-state index contributed by atoms with van der Waals surface area (Å²) in [5.41, 5.74) is 2.81. The highest BCUT2D eigenvalue weighted by Gasteiger charge is 2.46. The zero-order valence-corrected chi connectivity index (χ0v) is 17.9. The molecular formula is C26H30N2O3. The second kappa shape index (κ2) is 8.37. The van der Waals surface area contributed by atoms with Crippen LogP contribution in [0, 0.1) is 0 Å². The van der Waals surface area contributed by atoms with Crippen LogP contribution in [0.3, 0.4) is 0 Å². The van der Waals surface area contributed by atoms with Crippen molar-refractivity contribution in [3.8, 4) is 5.75 Å². The maximum absolute atomic E-state index is 12.7. The quantitative estimate of drug-likeness (QED) is 0.777. The molecule has 2 fully saturated rings. The molecule has 0 bridgehead atoms. The average Bonchev–Trinajstić information content (AvgIpc) is 3.57. The van der Waals surface area contributed by atoms with Gasteiger partial charge in [-0.05, 0) is 66.7 Å². The van der Waals surface area contributed by atoms with Gasteiger partial charge in [-0.2, -0.15) is 0 Å². The highest BCUT2D eigenvalue weighted by Crippen LogP contribution is 2.52. The monoisotopic (exact) mass is 418 g/mol. The van der Waals surface area contributed by atoms with Gasteiger partial charge >= 0.3 is 0 Å². The highest BCUT2D eigenvalue weighted by atomic mass is 16.5. The topological polar surface area (TPSA) is 58.6 Å². The molecule has 3 aliphatic rings. The van der Waals surface area contributed by atoms with Gasteiger partial charge < -0.3 is 15.0 Å². The molecule has 162 valence electrons. The molecule has 0 radical (unpaired) electrons. The lowest BCUT2D eigenvalue weighted by atomic mass is 9.73. The molecule has 5 heteroatoms. The minimum absolute atomic E-state index is 0.0466. The summed E-state index contributed by atoms with van der Waals surface area (Å²) in [5, 5.41) is 3.15. The standard InChI is InChI=1S/C26H30N2O3/c29-24(27-20-10-11-20)16-19-17-26(23-9-5-4-8-22(19)23)12-14-28(15-13-26)25(30)18-31-21-6-2-1-3-7-21/h1-9,19-20H,10-18H2,(H,27,29). The number of carbonyl (C=O) groups excluding carboxylic acids is 2. The smallest absolute Gasteiger partial charge is 0.260 e. The van der Waals surface area contributed by atoms with E-state index in [-0.39, 0.29) is 29.8 Å². The number of carbonyl (C=O) groups is 2. The summed E-state index contributed by atoms with van der Waals surface area (Å²) >= 11 is 0. The summed E-state index contributed by atoms with van der Waals surface area (Å²) in [6.07, 6.45) is 5.71. The fourth-order valence-corrected chi connectivity index (χ4v) is 5.36. The molecule has 1 aliphatic heterocycles. The maximum Gasteiger partial charge on any atom is 0.260 e. The Morgan fingerprint density at radius 3 is 2.45 bits per heavy atom. The lowest BCUT2D eigenvalue weighted by molar-refractivity contribution is -0.135. The summed E-state index contributed by atoms with van der Waals surface area (Å²) < 4.78 is 5.66. The Morgan fingerprint density at radius 1 is 1.00 bits per heavy atom. The number of rotatable bonds is 6. The average molecular weight is 419 g/mol. The Hall–Kier alpha value is -2.82. The molecule has 1 heterocycles. The first-order valence-corrected chi connectivity index (χ1v) is 11.5. The lowest BCUT2D eigenvalue weighted by Crippen LogP contribution is -2.46. The number of piperidine rings is 1.